The molecule has 33 heavy (non-hydrogen) atoms. The average molecular weight is 462 g/mol. The second-order valence-corrected chi connectivity index (χ2v) is 9.52. The van der Waals surface area contributed by atoms with Crippen LogP contribution < -0.4 is 10.9 Å². The maximum atomic E-state index is 13.6. The monoisotopic (exact) mass is 461 g/mol. The Morgan fingerprint density at radius 2 is 1.70 bits per heavy atom. The zero-order chi connectivity index (χ0) is 23.9. The van der Waals surface area contributed by atoms with Crippen molar-refractivity contribution < 1.29 is 4.79 Å². The van der Waals surface area contributed by atoms with E-state index in [2.05, 4.69) is 10.4 Å². The molecule has 7 nitrogen and oxygen atoms in total. The predicted molar refractivity (Wildman–Crippen MR) is 133 cm³/mol. The molecule has 0 aliphatic rings. The van der Waals surface area contributed by atoms with E-state index in [0.717, 1.165) is 28.2 Å². The summed E-state index contributed by atoms with van der Waals surface area (Å²) in [5.41, 5.74) is 5.56. The van der Waals surface area contributed by atoms with Gasteiger partial charge >= 0.3 is 0 Å². The van der Waals surface area contributed by atoms with Crippen molar-refractivity contribution in [2.75, 3.05) is 5.32 Å². The molecule has 4 aromatic rings. The van der Waals surface area contributed by atoms with Crippen molar-refractivity contribution in [1.82, 2.24) is 19.3 Å². The third kappa shape index (κ3) is 4.18. The summed E-state index contributed by atoms with van der Waals surface area (Å²) in [6, 6.07) is 13.2. The minimum absolute atomic E-state index is 0.146. The van der Waals surface area contributed by atoms with Crippen LogP contribution in [0, 0.1) is 27.7 Å². The normalized spacial score (nSPS) is 12.2. The molecular formula is C25H27N5O2S. The number of benzene rings is 2. The summed E-state index contributed by atoms with van der Waals surface area (Å²) in [5, 5.41) is 7.89. The molecule has 2 heterocycles. The quantitative estimate of drug-likeness (QED) is 0.350. The topological polar surface area (TPSA) is 81.8 Å². The van der Waals surface area contributed by atoms with Crippen LogP contribution in [0.5, 0.6) is 0 Å². The zero-order valence-corrected chi connectivity index (χ0v) is 20.4. The molecule has 1 N–H and O–H groups in total. The third-order valence-electron chi connectivity index (χ3n) is 5.82. The van der Waals surface area contributed by atoms with Gasteiger partial charge < -0.3 is 5.32 Å². The molecule has 2 aromatic heterocycles. The minimum Gasteiger partial charge on any atom is -0.322 e. The second kappa shape index (κ2) is 8.86. The highest BCUT2D eigenvalue weighted by atomic mass is 32.2. The molecular weight excluding hydrogens is 434 g/mol. The van der Waals surface area contributed by atoms with Crippen LogP contribution in [-0.2, 0) is 11.8 Å². The third-order valence-corrected chi connectivity index (χ3v) is 6.87. The number of nitrogens with one attached hydrogen (secondary N) is 1. The molecule has 0 aliphatic carbocycles. The van der Waals surface area contributed by atoms with Gasteiger partial charge in [0.1, 0.15) is 0 Å². The summed E-state index contributed by atoms with van der Waals surface area (Å²) in [4.78, 5) is 31.5. The maximum absolute atomic E-state index is 13.6. The van der Waals surface area contributed by atoms with Gasteiger partial charge in [-0.15, -0.1) is 0 Å². The molecule has 1 unspecified atom stereocenters. The average Bonchev–Trinajstić information content (AvgIpc) is 3.01. The van der Waals surface area contributed by atoms with Gasteiger partial charge in [0.05, 0.1) is 38.9 Å². The minimum atomic E-state index is -0.493. The summed E-state index contributed by atoms with van der Waals surface area (Å²) in [5.74, 6) is -0.172. The molecule has 4 rings (SSSR count). The number of hydrogen-bond acceptors (Lipinski definition) is 5. The van der Waals surface area contributed by atoms with E-state index in [-0.39, 0.29) is 11.5 Å². The summed E-state index contributed by atoms with van der Waals surface area (Å²) in [7, 11) is 1.85. The van der Waals surface area contributed by atoms with Crippen molar-refractivity contribution in [2.45, 2.75) is 45.0 Å². The number of aryl methyl sites for hydroxylation is 4. The number of fused-ring (bicyclic) bond motifs is 1. The van der Waals surface area contributed by atoms with Gasteiger partial charge in [0, 0.05) is 7.05 Å². The molecule has 0 radical (unpaired) electrons. The van der Waals surface area contributed by atoms with Crippen molar-refractivity contribution >= 4 is 34.3 Å². The largest absolute Gasteiger partial charge is 0.322 e. The van der Waals surface area contributed by atoms with Gasteiger partial charge in [-0.1, -0.05) is 42.1 Å². The maximum Gasteiger partial charge on any atom is 0.266 e. The Labute approximate surface area is 196 Å². The van der Waals surface area contributed by atoms with Crippen molar-refractivity contribution in [3.8, 4) is 5.69 Å². The first kappa shape index (κ1) is 22.8. The van der Waals surface area contributed by atoms with Crippen LogP contribution in [-0.4, -0.2) is 30.5 Å². The molecule has 2 aromatic carbocycles. The molecule has 0 saturated heterocycles. The van der Waals surface area contributed by atoms with Crippen LogP contribution in [0.3, 0.4) is 0 Å². The summed E-state index contributed by atoms with van der Waals surface area (Å²) in [6.45, 7) is 9.54. The molecule has 1 atom stereocenters. The summed E-state index contributed by atoms with van der Waals surface area (Å²) >= 11 is 1.27. The Morgan fingerprint density at radius 3 is 2.33 bits per heavy atom. The highest BCUT2D eigenvalue weighted by molar-refractivity contribution is 8.00. The number of carbonyl (C=O) groups excluding carboxylic acids is 1. The number of para-hydroxylation sites is 2. The fraction of sp³-hybridized carbons (Fsp3) is 0.280. The molecule has 170 valence electrons. The number of carbonyl (C=O) groups is 1. The van der Waals surface area contributed by atoms with E-state index in [0.29, 0.717) is 21.7 Å². The van der Waals surface area contributed by atoms with Crippen LogP contribution in [0.25, 0.3) is 16.6 Å². The van der Waals surface area contributed by atoms with Crippen molar-refractivity contribution in [3.63, 3.8) is 0 Å². The van der Waals surface area contributed by atoms with E-state index in [1.54, 1.807) is 15.3 Å². The number of aromatic nitrogens is 4. The first-order valence-electron chi connectivity index (χ1n) is 10.7. The number of nitrogens with zero attached hydrogens (tertiary/aromatic N) is 4. The van der Waals surface area contributed by atoms with Crippen LogP contribution in [0.1, 0.15) is 29.4 Å². The molecule has 0 fully saturated rings. The number of thioether (sulfide) groups is 1. The summed E-state index contributed by atoms with van der Waals surface area (Å²) in [6.07, 6.45) is 0. The Bertz CT molecular complexity index is 1420. The van der Waals surface area contributed by atoms with Gasteiger partial charge in [-0.05, 0) is 57.9 Å². The Balaban J connectivity index is 1.78. The van der Waals surface area contributed by atoms with Gasteiger partial charge in [0.25, 0.3) is 5.56 Å². The van der Waals surface area contributed by atoms with Crippen molar-refractivity contribution in [3.05, 3.63) is 75.3 Å². The Hall–Kier alpha value is -3.39. The van der Waals surface area contributed by atoms with Gasteiger partial charge in [0.15, 0.2) is 5.16 Å². The molecule has 0 saturated carbocycles. The number of anilines is 1. The number of amides is 1. The van der Waals surface area contributed by atoms with Crippen LogP contribution in [0.4, 0.5) is 5.69 Å². The molecule has 0 bridgehead atoms. The van der Waals surface area contributed by atoms with E-state index in [4.69, 9.17) is 4.98 Å². The second-order valence-electron chi connectivity index (χ2n) is 8.21. The lowest BCUT2D eigenvalue weighted by Crippen LogP contribution is -2.27. The molecule has 1 amide bonds. The van der Waals surface area contributed by atoms with Gasteiger partial charge in [0.2, 0.25) is 5.91 Å². The fourth-order valence-electron chi connectivity index (χ4n) is 3.94. The van der Waals surface area contributed by atoms with Crippen molar-refractivity contribution in [1.29, 1.82) is 0 Å². The fourth-order valence-corrected chi connectivity index (χ4v) is 4.85. The first-order chi connectivity index (χ1) is 15.7. The van der Waals surface area contributed by atoms with Gasteiger partial charge in [-0.3, -0.25) is 18.8 Å². The van der Waals surface area contributed by atoms with Crippen LogP contribution >= 0.6 is 11.8 Å². The lowest BCUT2D eigenvalue weighted by Gasteiger charge is -2.19. The Morgan fingerprint density at radius 1 is 1.03 bits per heavy atom. The van der Waals surface area contributed by atoms with Crippen molar-refractivity contribution in [2.24, 2.45) is 7.05 Å². The Kier molecular flexibility index (Phi) is 6.12. The first-order valence-corrected chi connectivity index (χ1v) is 11.6. The van der Waals surface area contributed by atoms with Gasteiger partial charge in [-0.25, -0.2) is 4.98 Å². The SMILES string of the molecule is Cc1cccc(C)c1-n1c(SC(C)C(=O)Nc2c(C)nn(C)c2C)nc2ccccc2c1=O. The van der Waals surface area contributed by atoms with E-state index >= 15 is 0 Å². The zero-order valence-electron chi connectivity index (χ0n) is 19.6. The van der Waals surface area contributed by atoms with E-state index in [1.165, 1.54) is 11.8 Å². The predicted octanol–water partition coefficient (Wildman–Crippen LogP) is 4.47. The lowest BCUT2D eigenvalue weighted by atomic mass is 10.1. The smallest absolute Gasteiger partial charge is 0.266 e. The van der Waals surface area contributed by atoms with Crippen LogP contribution in [0.15, 0.2) is 52.4 Å². The molecule has 8 heteroatoms. The van der Waals surface area contributed by atoms with Gasteiger partial charge in [-0.2, -0.15) is 5.10 Å². The standard InChI is InChI=1S/C25H27N5O2S/c1-14-10-9-11-15(2)22(14)30-24(32)19-12-7-8-13-20(19)26-25(30)33-18(5)23(31)27-21-16(3)28-29(6)17(21)4/h7-13,18H,1-6H3,(H,27,31). The van der Waals surface area contributed by atoms with E-state index in [1.807, 2.05) is 78.1 Å². The number of hydrogen-bond donors (Lipinski definition) is 1. The molecule has 0 aliphatic heterocycles. The molecule has 0 spiro atoms. The lowest BCUT2D eigenvalue weighted by molar-refractivity contribution is -0.115. The van der Waals surface area contributed by atoms with E-state index in [9.17, 15) is 9.59 Å². The number of rotatable bonds is 5. The highest BCUT2D eigenvalue weighted by Gasteiger charge is 2.23. The van der Waals surface area contributed by atoms with Crippen LogP contribution in [0.2, 0.25) is 0 Å². The summed E-state index contributed by atoms with van der Waals surface area (Å²) < 4.78 is 3.38. The van der Waals surface area contributed by atoms with E-state index < -0.39 is 5.25 Å². The highest BCUT2D eigenvalue weighted by Crippen LogP contribution is 2.29.